The lowest BCUT2D eigenvalue weighted by molar-refractivity contribution is -0.117. The van der Waals surface area contributed by atoms with Gasteiger partial charge in [0.1, 0.15) is 17.4 Å². The molecule has 2 aromatic carbocycles. The second kappa shape index (κ2) is 9.07. The van der Waals surface area contributed by atoms with E-state index in [4.69, 9.17) is 4.74 Å². The largest absolute Gasteiger partial charge is 0.497 e. The lowest BCUT2D eigenvalue weighted by Gasteiger charge is -2.20. The van der Waals surface area contributed by atoms with Crippen LogP contribution < -0.4 is 15.1 Å². The van der Waals surface area contributed by atoms with Gasteiger partial charge in [-0.3, -0.25) is 4.79 Å². The van der Waals surface area contributed by atoms with Gasteiger partial charge in [-0.25, -0.2) is 5.43 Å². The Morgan fingerprint density at radius 2 is 1.97 bits per heavy atom. The van der Waals surface area contributed by atoms with Crippen LogP contribution in [0.15, 0.2) is 53.1 Å². The maximum absolute atomic E-state index is 12.6. The maximum Gasteiger partial charge on any atom is 0.282 e. The fourth-order valence-corrected chi connectivity index (χ4v) is 3.38. The number of rotatable bonds is 5. The number of methoxy groups -OCH3 is 1. The number of hydrazone groups is 1. The van der Waals surface area contributed by atoms with Crippen LogP contribution in [0.5, 0.6) is 5.75 Å². The first-order chi connectivity index (χ1) is 14.0. The number of nitrogens with one attached hydrogen (secondary N) is 1. The fraction of sp³-hybridized carbons (Fsp3) is 0.261. The summed E-state index contributed by atoms with van der Waals surface area (Å²) in [6.07, 6.45) is 4.04. The van der Waals surface area contributed by atoms with Crippen LogP contribution in [-0.2, 0) is 11.2 Å². The van der Waals surface area contributed by atoms with Gasteiger partial charge >= 0.3 is 0 Å². The lowest BCUT2D eigenvalue weighted by Crippen LogP contribution is -2.21. The van der Waals surface area contributed by atoms with Crippen molar-refractivity contribution in [2.75, 3.05) is 26.1 Å². The van der Waals surface area contributed by atoms with E-state index in [9.17, 15) is 10.1 Å². The van der Waals surface area contributed by atoms with Gasteiger partial charge in [0.05, 0.1) is 13.3 Å². The predicted octanol–water partition coefficient (Wildman–Crippen LogP) is 3.52. The van der Waals surface area contributed by atoms with Crippen molar-refractivity contribution in [3.05, 3.63) is 64.7 Å². The van der Waals surface area contributed by atoms with E-state index in [0.717, 1.165) is 46.5 Å². The first-order valence-corrected chi connectivity index (χ1v) is 9.45. The summed E-state index contributed by atoms with van der Waals surface area (Å²) >= 11 is 0. The monoisotopic (exact) mass is 388 g/mol. The summed E-state index contributed by atoms with van der Waals surface area (Å²) in [7, 11) is 5.57. The number of carbonyl (C=O) groups excluding carboxylic acids is 1. The second-order valence-corrected chi connectivity index (χ2v) is 7.03. The number of aryl methyl sites for hydroxylation is 1. The Balaban J connectivity index is 1.78. The van der Waals surface area contributed by atoms with Crippen LogP contribution in [0.3, 0.4) is 0 Å². The second-order valence-electron chi connectivity index (χ2n) is 7.03. The van der Waals surface area contributed by atoms with E-state index in [1.165, 1.54) is 0 Å². The molecule has 1 aliphatic rings. The zero-order valence-corrected chi connectivity index (χ0v) is 16.9. The number of hydrogen-bond acceptors (Lipinski definition) is 5. The number of amides is 1. The minimum atomic E-state index is -0.493. The van der Waals surface area contributed by atoms with Crippen LogP contribution in [0.1, 0.15) is 29.5 Å². The molecule has 0 aliphatic heterocycles. The fourth-order valence-electron chi connectivity index (χ4n) is 3.38. The molecule has 0 fully saturated rings. The summed E-state index contributed by atoms with van der Waals surface area (Å²) in [5, 5.41) is 13.6. The Bertz CT molecular complexity index is 999. The highest BCUT2D eigenvalue weighted by Gasteiger charge is 2.22. The van der Waals surface area contributed by atoms with Crippen molar-refractivity contribution in [1.82, 2.24) is 5.43 Å². The number of anilines is 1. The summed E-state index contributed by atoms with van der Waals surface area (Å²) < 4.78 is 5.28. The number of benzene rings is 2. The summed E-state index contributed by atoms with van der Waals surface area (Å²) in [5.74, 6) is 0.283. The normalized spacial score (nSPS) is 14.7. The third-order valence-corrected chi connectivity index (χ3v) is 4.94. The highest BCUT2D eigenvalue weighted by molar-refractivity contribution is 6.05. The Kier molecular flexibility index (Phi) is 6.30. The van der Waals surface area contributed by atoms with Crippen molar-refractivity contribution < 1.29 is 9.53 Å². The van der Waals surface area contributed by atoms with Gasteiger partial charge in [0, 0.05) is 19.8 Å². The van der Waals surface area contributed by atoms with Gasteiger partial charge in [0.25, 0.3) is 5.91 Å². The summed E-state index contributed by atoms with van der Waals surface area (Å²) in [5.41, 5.74) is 7.32. The van der Waals surface area contributed by atoms with E-state index < -0.39 is 5.91 Å². The maximum atomic E-state index is 12.6. The Labute approximate surface area is 171 Å². The van der Waals surface area contributed by atoms with E-state index in [0.29, 0.717) is 6.42 Å². The molecule has 1 N–H and O–H groups in total. The quantitative estimate of drug-likeness (QED) is 0.368. The Morgan fingerprint density at radius 1 is 1.21 bits per heavy atom. The van der Waals surface area contributed by atoms with Crippen molar-refractivity contribution in [3.63, 3.8) is 0 Å². The lowest BCUT2D eigenvalue weighted by atomic mass is 9.84. The zero-order chi connectivity index (χ0) is 20.8. The Morgan fingerprint density at radius 3 is 2.62 bits per heavy atom. The summed E-state index contributed by atoms with van der Waals surface area (Å²) in [4.78, 5) is 14.6. The molecule has 0 spiro atoms. The van der Waals surface area contributed by atoms with E-state index in [1.54, 1.807) is 13.3 Å². The average Bonchev–Trinajstić information content (AvgIpc) is 2.74. The van der Waals surface area contributed by atoms with Crippen LogP contribution in [0.25, 0.3) is 5.57 Å². The standard InChI is InChI=1S/C23H24N4O2/c1-27(2)18-9-7-16(8-10-18)15-25-26-23(28)22(14-24)21-6-4-5-17-13-19(29-3)11-12-20(17)21/h7-13,15H,4-6H2,1-3H3,(H,26,28)/b22-21+,25-15-. The third-order valence-electron chi connectivity index (χ3n) is 4.94. The van der Waals surface area contributed by atoms with Crippen LogP contribution in [0, 0.1) is 11.3 Å². The van der Waals surface area contributed by atoms with Gasteiger partial charge in [-0.05, 0) is 65.8 Å². The van der Waals surface area contributed by atoms with Gasteiger partial charge in [0.2, 0.25) is 0 Å². The average molecular weight is 388 g/mol. The molecule has 0 radical (unpaired) electrons. The number of carbonyl (C=O) groups is 1. The Hall–Kier alpha value is -3.59. The summed E-state index contributed by atoms with van der Waals surface area (Å²) in [6, 6.07) is 15.6. The first kappa shape index (κ1) is 20.2. The molecule has 0 aromatic heterocycles. The van der Waals surface area contributed by atoms with Crippen molar-refractivity contribution in [2.45, 2.75) is 19.3 Å². The van der Waals surface area contributed by atoms with Crippen LogP contribution >= 0.6 is 0 Å². The van der Waals surface area contributed by atoms with Crippen molar-refractivity contribution in [1.29, 1.82) is 5.26 Å². The molecule has 29 heavy (non-hydrogen) atoms. The first-order valence-electron chi connectivity index (χ1n) is 9.45. The van der Waals surface area contributed by atoms with Crippen molar-refractivity contribution in [3.8, 4) is 11.8 Å². The highest BCUT2D eigenvalue weighted by Crippen LogP contribution is 2.35. The molecule has 0 saturated heterocycles. The molecule has 0 bridgehead atoms. The van der Waals surface area contributed by atoms with Crippen LogP contribution in [-0.4, -0.2) is 33.3 Å². The van der Waals surface area contributed by atoms with Gasteiger partial charge in [-0.15, -0.1) is 0 Å². The molecule has 0 atom stereocenters. The minimum absolute atomic E-state index is 0.108. The molecular formula is C23H24N4O2. The smallest absolute Gasteiger partial charge is 0.282 e. The molecular weight excluding hydrogens is 364 g/mol. The SMILES string of the molecule is COc1ccc2c(c1)CCC/C2=C(/C#N)C(=O)N/N=C\c1ccc(N(C)C)cc1. The number of fused-ring (bicyclic) bond motifs is 1. The van der Waals surface area contributed by atoms with E-state index in [-0.39, 0.29) is 5.57 Å². The number of nitriles is 1. The van der Waals surface area contributed by atoms with Gasteiger partial charge in [-0.2, -0.15) is 10.4 Å². The predicted molar refractivity (Wildman–Crippen MR) is 115 cm³/mol. The van der Waals surface area contributed by atoms with Crippen LogP contribution in [0.2, 0.25) is 0 Å². The number of ether oxygens (including phenoxy) is 1. The van der Waals surface area contributed by atoms with Gasteiger partial charge < -0.3 is 9.64 Å². The van der Waals surface area contributed by atoms with E-state index in [1.807, 2.05) is 61.5 Å². The van der Waals surface area contributed by atoms with Crippen molar-refractivity contribution in [2.24, 2.45) is 5.10 Å². The number of allylic oxidation sites excluding steroid dienone is 1. The van der Waals surface area contributed by atoms with E-state index >= 15 is 0 Å². The molecule has 2 aromatic rings. The number of hydrogen-bond donors (Lipinski definition) is 1. The minimum Gasteiger partial charge on any atom is -0.497 e. The summed E-state index contributed by atoms with van der Waals surface area (Å²) in [6.45, 7) is 0. The van der Waals surface area contributed by atoms with E-state index in [2.05, 4.69) is 16.6 Å². The van der Waals surface area contributed by atoms with Crippen molar-refractivity contribution >= 4 is 23.4 Å². The molecule has 6 nitrogen and oxygen atoms in total. The highest BCUT2D eigenvalue weighted by atomic mass is 16.5. The molecule has 0 unspecified atom stereocenters. The molecule has 1 amide bonds. The number of nitrogens with zero attached hydrogens (tertiary/aromatic N) is 3. The molecule has 0 saturated carbocycles. The van der Waals surface area contributed by atoms with Gasteiger partial charge in [-0.1, -0.05) is 18.2 Å². The van der Waals surface area contributed by atoms with Crippen LogP contribution in [0.4, 0.5) is 5.69 Å². The molecule has 3 rings (SSSR count). The molecule has 6 heteroatoms. The molecule has 1 aliphatic carbocycles. The molecule has 0 heterocycles. The topological polar surface area (TPSA) is 77.7 Å². The molecule has 148 valence electrons. The zero-order valence-electron chi connectivity index (χ0n) is 16.9. The van der Waals surface area contributed by atoms with Gasteiger partial charge in [0.15, 0.2) is 0 Å². The third kappa shape index (κ3) is 4.64.